The molecule has 5 nitrogen and oxygen atoms in total. The van der Waals surface area contributed by atoms with E-state index in [1.807, 2.05) is 4.90 Å². The van der Waals surface area contributed by atoms with Crippen LogP contribution in [-0.2, 0) is 4.79 Å². The number of hydrogen-bond acceptors (Lipinski definition) is 4. The maximum atomic E-state index is 13.2. The highest BCUT2D eigenvalue weighted by atomic mass is 19.3. The standard InChI is InChI=1S/C14H17F3N4O/c15-11-4-12(19-7-18-11)21-5-8-1-2-10(3-9(8)6-21)20-14(22)13(16)17/h4,7-10,13H,1-3,5-6H2,(H,20,22). The van der Waals surface area contributed by atoms with Gasteiger partial charge in [0.1, 0.15) is 12.1 Å². The van der Waals surface area contributed by atoms with Crippen molar-refractivity contribution in [3.05, 3.63) is 18.3 Å². The van der Waals surface area contributed by atoms with Crippen LogP contribution in [0.1, 0.15) is 19.3 Å². The number of fused-ring (bicyclic) bond motifs is 1. The molecule has 120 valence electrons. The van der Waals surface area contributed by atoms with Crippen LogP contribution >= 0.6 is 0 Å². The lowest BCUT2D eigenvalue weighted by Gasteiger charge is -2.31. The molecule has 3 unspecified atom stereocenters. The third-order valence-electron chi connectivity index (χ3n) is 4.54. The molecule has 1 N–H and O–H groups in total. The zero-order chi connectivity index (χ0) is 15.7. The second-order valence-electron chi connectivity index (χ2n) is 5.94. The lowest BCUT2D eigenvalue weighted by molar-refractivity contribution is -0.132. The summed E-state index contributed by atoms with van der Waals surface area (Å²) >= 11 is 0. The molecule has 0 radical (unpaired) electrons. The van der Waals surface area contributed by atoms with E-state index in [0.29, 0.717) is 37.0 Å². The van der Waals surface area contributed by atoms with Gasteiger partial charge in [-0.25, -0.2) is 9.97 Å². The van der Waals surface area contributed by atoms with Crippen LogP contribution in [0.4, 0.5) is 19.0 Å². The summed E-state index contributed by atoms with van der Waals surface area (Å²) in [7, 11) is 0. The molecule has 0 bridgehead atoms. The van der Waals surface area contributed by atoms with E-state index in [-0.39, 0.29) is 6.04 Å². The molecule has 1 aromatic heterocycles. The summed E-state index contributed by atoms with van der Waals surface area (Å²) in [6.45, 7) is 1.47. The predicted molar refractivity (Wildman–Crippen MR) is 73.0 cm³/mol. The lowest BCUT2D eigenvalue weighted by atomic mass is 9.79. The average Bonchev–Trinajstić information content (AvgIpc) is 2.90. The van der Waals surface area contributed by atoms with E-state index in [2.05, 4.69) is 15.3 Å². The first kappa shape index (κ1) is 15.1. The van der Waals surface area contributed by atoms with Crippen LogP contribution in [-0.4, -0.2) is 41.4 Å². The maximum Gasteiger partial charge on any atom is 0.315 e. The smallest absolute Gasteiger partial charge is 0.315 e. The van der Waals surface area contributed by atoms with Gasteiger partial charge in [-0.1, -0.05) is 0 Å². The van der Waals surface area contributed by atoms with Crippen molar-refractivity contribution in [1.82, 2.24) is 15.3 Å². The van der Waals surface area contributed by atoms with E-state index >= 15 is 0 Å². The molecule has 2 heterocycles. The van der Waals surface area contributed by atoms with Crippen LogP contribution in [0.3, 0.4) is 0 Å². The summed E-state index contributed by atoms with van der Waals surface area (Å²) in [5.41, 5.74) is 0. The molecule has 8 heteroatoms. The van der Waals surface area contributed by atoms with E-state index in [1.165, 1.54) is 12.4 Å². The Bertz CT molecular complexity index is 557. The van der Waals surface area contributed by atoms with Crippen LogP contribution in [0, 0.1) is 17.8 Å². The number of aromatic nitrogens is 2. The van der Waals surface area contributed by atoms with Gasteiger partial charge in [0.05, 0.1) is 0 Å². The van der Waals surface area contributed by atoms with E-state index in [1.54, 1.807) is 0 Å². The number of carbonyl (C=O) groups is 1. The summed E-state index contributed by atoms with van der Waals surface area (Å²) in [6.07, 6.45) is 0.460. The number of nitrogens with one attached hydrogen (secondary N) is 1. The summed E-state index contributed by atoms with van der Waals surface area (Å²) in [5, 5.41) is 2.40. The van der Waals surface area contributed by atoms with Gasteiger partial charge in [-0.15, -0.1) is 0 Å². The zero-order valence-electron chi connectivity index (χ0n) is 11.9. The number of carbonyl (C=O) groups excluding carboxylic acids is 1. The Hall–Kier alpha value is -1.86. The first-order valence-corrected chi connectivity index (χ1v) is 7.34. The Labute approximate surface area is 125 Å². The average molecular weight is 314 g/mol. The normalized spacial score (nSPS) is 27.8. The molecule has 1 saturated carbocycles. The quantitative estimate of drug-likeness (QED) is 0.861. The van der Waals surface area contributed by atoms with Gasteiger partial charge in [0.15, 0.2) is 0 Å². The Morgan fingerprint density at radius 1 is 1.27 bits per heavy atom. The van der Waals surface area contributed by atoms with Crippen molar-refractivity contribution in [1.29, 1.82) is 0 Å². The third-order valence-corrected chi connectivity index (χ3v) is 4.54. The van der Waals surface area contributed by atoms with Crippen molar-refractivity contribution in [2.45, 2.75) is 31.7 Å². The Morgan fingerprint density at radius 2 is 2.05 bits per heavy atom. The van der Waals surface area contributed by atoms with Gasteiger partial charge in [0.25, 0.3) is 5.91 Å². The number of rotatable bonds is 3. The molecule has 0 spiro atoms. The Morgan fingerprint density at radius 3 is 2.77 bits per heavy atom. The van der Waals surface area contributed by atoms with E-state index in [4.69, 9.17) is 0 Å². The van der Waals surface area contributed by atoms with Crippen molar-refractivity contribution in [2.75, 3.05) is 18.0 Å². The summed E-state index contributed by atoms with van der Waals surface area (Å²) < 4.78 is 37.8. The topological polar surface area (TPSA) is 58.1 Å². The fourth-order valence-electron chi connectivity index (χ4n) is 3.51. The minimum absolute atomic E-state index is 0.204. The summed E-state index contributed by atoms with van der Waals surface area (Å²) in [4.78, 5) is 20.6. The predicted octanol–water partition coefficient (Wildman–Crippen LogP) is 1.60. The molecule has 22 heavy (non-hydrogen) atoms. The largest absolute Gasteiger partial charge is 0.356 e. The molecular formula is C14H17F3N4O. The number of hydrogen-bond donors (Lipinski definition) is 1. The first-order valence-electron chi connectivity index (χ1n) is 7.34. The molecule has 3 rings (SSSR count). The van der Waals surface area contributed by atoms with E-state index < -0.39 is 18.3 Å². The number of alkyl halides is 2. The molecule has 2 aliphatic rings. The second kappa shape index (κ2) is 6.10. The van der Waals surface area contributed by atoms with Crippen molar-refractivity contribution in [3.63, 3.8) is 0 Å². The highest BCUT2D eigenvalue weighted by Crippen LogP contribution is 2.37. The van der Waals surface area contributed by atoms with Crippen LogP contribution < -0.4 is 10.2 Å². The van der Waals surface area contributed by atoms with Gasteiger partial charge in [-0.2, -0.15) is 13.2 Å². The monoisotopic (exact) mass is 314 g/mol. The minimum atomic E-state index is -2.97. The van der Waals surface area contributed by atoms with Gasteiger partial charge < -0.3 is 10.2 Å². The van der Waals surface area contributed by atoms with Crippen LogP contribution in [0.5, 0.6) is 0 Å². The van der Waals surface area contributed by atoms with Crippen molar-refractivity contribution < 1.29 is 18.0 Å². The van der Waals surface area contributed by atoms with Crippen LogP contribution in [0.2, 0.25) is 0 Å². The van der Waals surface area contributed by atoms with Gasteiger partial charge in [0, 0.05) is 25.2 Å². The maximum absolute atomic E-state index is 13.2. The van der Waals surface area contributed by atoms with Crippen molar-refractivity contribution in [3.8, 4) is 0 Å². The molecule has 3 atom stereocenters. The molecule has 2 fully saturated rings. The van der Waals surface area contributed by atoms with Crippen molar-refractivity contribution >= 4 is 11.7 Å². The highest BCUT2D eigenvalue weighted by molar-refractivity contribution is 5.79. The molecule has 1 aromatic rings. The number of amides is 1. The second-order valence-corrected chi connectivity index (χ2v) is 5.94. The minimum Gasteiger partial charge on any atom is -0.356 e. The van der Waals surface area contributed by atoms with Crippen molar-refractivity contribution in [2.24, 2.45) is 11.8 Å². The van der Waals surface area contributed by atoms with Gasteiger partial charge in [-0.05, 0) is 31.1 Å². The fraction of sp³-hybridized carbons (Fsp3) is 0.643. The number of anilines is 1. The zero-order valence-corrected chi connectivity index (χ0v) is 11.9. The summed E-state index contributed by atoms with van der Waals surface area (Å²) in [6, 6.07) is 1.10. The summed E-state index contributed by atoms with van der Waals surface area (Å²) in [5.74, 6) is -0.485. The molecule has 1 amide bonds. The molecule has 1 saturated heterocycles. The first-order chi connectivity index (χ1) is 10.5. The van der Waals surface area contributed by atoms with Gasteiger partial charge in [-0.3, -0.25) is 4.79 Å². The van der Waals surface area contributed by atoms with Crippen LogP contribution in [0.15, 0.2) is 12.4 Å². The molecule has 1 aliphatic carbocycles. The van der Waals surface area contributed by atoms with Crippen LogP contribution in [0.25, 0.3) is 0 Å². The lowest BCUT2D eigenvalue weighted by Crippen LogP contribution is -2.43. The number of nitrogens with zero attached hydrogens (tertiary/aromatic N) is 3. The highest BCUT2D eigenvalue weighted by Gasteiger charge is 2.39. The Kier molecular flexibility index (Phi) is 4.17. The fourth-order valence-corrected chi connectivity index (χ4v) is 3.51. The van der Waals surface area contributed by atoms with E-state index in [9.17, 15) is 18.0 Å². The molecular weight excluding hydrogens is 297 g/mol. The van der Waals surface area contributed by atoms with Gasteiger partial charge in [0.2, 0.25) is 5.95 Å². The molecule has 0 aromatic carbocycles. The third kappa shape index (κ3) is 3.15. The molecule has 1 aliphatic heterocycles. The van der Waals surface area contributed by atoms with E-state index in [0.717, 1.165) is 13.0 Å². The number of halogens is 3. The SMILES string of the molecule is O=C(NC1CCC2CN(c3cc(F)ncn3)CC2C1)C(F)F. The Balaban J connectivity index is 1.61. The van der Waals surface area contributed by atoms with Gasteiger partial charge >= 0.3 is 6.43 Å².